The molecule has 2 aliphatic rings. The van der Waals surface area contributed by atoms with Crippen LogP contribution in [0.4, 0.5) is 0 Å². The van der Waals surface area contributed by atoms with Gasteiger partial charge in [0.2, 0.25) is 0 Å². The van der Waals surface area contributed by atoms with E-state index in [4.69, 9.17) is 0 Å². The maximum Gasteiger partial charge on any atom is 0.0597 e. The lowest BCUT2D eigenvalue weighted by Gasteiger charge is -2.36. The molecule has 1 unspecified atom stereocenters. The van der Waals surface area contributed by atoms with Gasteiger partial charge in [-0.15, -0.1) is 0 Å². The Bertz CT molecular complexity index is 140. The van der Waals surface area contributed by atoms with Crippen LogP contribution in [0.15, 0.2) is 0 Å². The fourth-order valence-electron chi connectivity index (χ4n) is 2.63. The highest BCUT2D eigenvalue weighted by atomic mass is 16.3. The molecule has 0 aromatic rings. The van der Waals surface area contributed by atoms with Gasteiger partial charge in [0.15, 0.2) is 0 Å². The average molecular weight is 155 g/mol. The predicted octanol–water partition coefficient (Wildman–Crippen LogP) is 0.901. The monoisotopic (exact) mass is 155 g/mol. The van der Waals surface area contributed by atoms with E-state index in [-0.39, 0.29) is 6.10 Å². The molecule has 2 rings (SSSR count). The molecule has 1 spiro atoms. The molecular formula is C9H17NO. The summed E-state index contributed by atoms with van der Waals surface area (Å²) in [5, 5.41) is 13.1. The van der Waals surface area contributed by atoms with Gasteiger partial charge in [0.1, 0.15) is 0 Å². The summed E-state index contributed by atoms with van der Waals surface area (Å²) in [6.45, 7) is 2.22. The lowest BCUT2D eigenvalue weighted by Crippen LogP contribution is -2.41. The zero-order valence-corrected chi connectivity index (χ0v) is 6.97. The van der Waals surface area contributed by atoms with Crippen LogP contribution in [-0.4, -0.2) is 24.3 Å². The van der Waals surface area contributed by atoms with Crippen molar-refractivity contribution in [3.63, 3.8) is 0 Å². The Morgan fingerprint density at radius 1 is 1.18 bits per heavy atom. The molecule has 2 fully saturated rings. The number of rotatable bonds is 0. The topological polar surface area (TPSA) is 32.3 Å². The Kier molecular flexibility index (Phi) is 1.90. The minimum absolute atomic E-state index is 0.00426. The van der Waals surface area contributed by atoms with E-state index in [2.05, 4.69) is 5.32 Å². The van der Waals surface area contributed by atoms with E-state index in [0.29, 0.717) is 5.41 Å². The molecule has 2 N–H and O–H groups in total. The van der Waals surface area contributed by atoms with Crippen molar-refractivity contribution in [2.24, 2.45) is 5.41 Å². The summed E-state index contributed by atoms with van der Waals surface area (Å²) >= 11 is 0. The molecule has 1 atom stereocenters. The maximum absolute atomic E-state index is 9.78. The molecule has 1 heterocycles. The van der Waals surface area contributed by atoms with Crippen molar-refractivity contribution in [2.45, 2.75) is 38.2 Å². The second-order valence-electron chi connectivity index (χ2n) is 4.02. The molecule has 0 bridgehead atoms. The van der Waals surface area contributed by atoms with E-state index < -0.39 is 0 Å². The van der Waals surface area contributed by atoms with Gasteiger partial charge in [-0.1, -0.05) is 6.42 Å². The van der Waals surface area contributed by atoms with Crippen molar-refractivity contribution >= 4 is 0 Å². The fraction of sp³-hybridized carbons (Fsp3) is 1.00. The second kappa shape index (κ2) is 2.76. The maximum atomic E-state index is 9.78. The van der Waals surface area contributed by atoms with Crippen LogP contribution in [0.2, 0.25) is 0 Å². The minimum atomic E-state index is 0.00426. The number of nitrogens with one attached hydrogen (secondary N) is 1. The van der Waals surface area contributed by atoms with Gasteiger partial charge >= 0.3 is 0 Å². The summed E-state index contributed by atoms with van der Waals surface area (Å²) in [5.41, 5.74) is 0.325. The Labute approximate surface area is 68.0 Å². The third-order valence-electron chi connectivity index (χ3n) is 3.46. The molecule has 1 aliphatic heterocycles. The lowest BCUT2D eigenvalue weighted by atomic mass is 9.76. The zero-order chi connectivity index (χ0) is 7.73. The normalized spacial score (nSPS) is 36.3. The molecule has 2 heteroatoms. The molecule has 1 aliphatic carbocycles. The first-order valence-corrected chi connectivity index (χ1v) is 4.72. The molecule has 1 saturated heterocycles. The van der Waals surface area contributed by atoms with Gasteiger partial charge in [-0.2, -0.15) is 0 Å². The first kappa shape index (κ1) is 7.56. The van der Waals surface area contributed by atoms with Crippen molar-refractivity contribution in [1.29, 1.82) is 0 Å². The molecule has 64 valence electrons. The second-order valence-corrected chi connectivity index (χ2v) is 4.02. The van der Waals surface area contributed by atoms with E-state index in [9.17, 15) is 5.11 Å². The molecule has 0 radical (unpaired) electrons. The summed E-state index contributed by atoms with van der Waals surface area (Å²) in [6, 6.07) is 0. The molecule has 0 amide bonds. The largest absolute Gasteiger partial charge is 0.393 e. The standard InChI is InChI=1S/C9H17NO/c11-8-2-1-3-9(8)4-6-10-7-5-9/h8,10-11H,1-7H2. The Hall–Kier alpha value is -0.0800. The van der Waals surface area contributed by atoms with E-state index >= 15 is 0 Å². The highest BCUT2D eigenvalue weighted by Crippen LogP contribution is 2.44. The molecule has 1 saturated carbocycles. The quantitative estimate of drug-likeness (QED) is 0.545. The third kappa shape index (κ3) is 1.18. The number of aliphatic hydroxyl groups excluding tert-OH is 1. The van der Waals surface area contributed by atoms with Gasteiger partial charge in [0, 0.05) is 0 Å². The SMILES string of the molecule is OC1CCCC12CCNCC2. The van der Waals surface area contributed by atoms with E-state index in [1.165, 1.54) is 25.7 Å². The smallest absolute Gasteiger partial charge is 0.0597 e. The molecule has 11 heavy (non-hydrogen) atoms. The minimum Gasteiger partial charge on any atom is -0.393 e. The first-order chi connectivity index (χ1) is 5.33. The summed E-state index contributed by atoms with van der Waals surface area (Å²) in [6.07, 6.45) is 5.92. The van der Waals surface area contributed by atoms with Crippen molar-refractivity contribution in [2.75, 3.05) is 13.1 Å². The van der Waals surface area contributed by atoms with Crippen LogP contribution >= 0.6 is 0 Å². The van der Waals surface area contributed by atoms with Gasteiger partial charge in [-0.3, -0.25) is 0 Å². The Morgan fingerprint density at radius 2 is 1.91 bits per heavy atom. The average Bonchev–Trinajstić information content (AvgIpc) is 2.36. The number of hydrogen-bond acceptors (Lipinski definition) is 2. The summed E-state index contributed by atoms with van der Waals surface area (Å²) in [5.74, 6) is 0. The number of aliphatic hydroxyl groups is 1. The summed E-state index contributed by atoms with van der Waals surface area (Å²) < 4.78 is 0. The van der Waals surface area contributed by atoms with Gasteiger partial charge in [-0.05, 0) is 44.2 Å². The molecular weight excluding hydrogens is 138 g/mol. The van der Waals surface area contributed by atoms with E-state index in [1.807, 2.05) is 0 Å². The van der Waals surface area contributed by atoms with Crippen LogP contribution in [0, 0.1) is 5.41 Å². The first-order valence-electron chi connectivity index (χ1n) is 4.72. The fourth-order valence-corrected chi connectivity index (χ4v) is 2.63. The van der Waals surface area contributed by atoms with Gasteiger partial charge < -0.3 is 10.4 Å². The van der Waals surface area contributed by atoms with Crippen LogP contribution in [0.25, 0.3) is 0 Å². The van der Waals surface area contributed by atoms with Crippen LogP contribution in [0.3, 0.4) is 0 Å². The van der Waals surface area contributed by atoms with Crippen LogP contribution in [-0.2, 0) is 0 Å². The highest BCUT2D eigenvalue weighted by molar-refractivity contribution is 4.94. The van der Waals surface area contributed by atoms with Crippen LogP contribution < -0.4 is 5.32 Å². The molecule has 2 nitrogen and oxygen atoms in total. The van der Waals surface area contributed by atoms with Crippen LogP contribution in [0.1, 0.15) is 32.1 Å². The molecule has 0 aromatic heterocycles. The number of piperidine rings is 1. The van der Waals surface area contributed by atoms with Crippen molar-refractivity contribution < 1.29 is 5.11 Å². The summed E-state index contributed by atoms with van der Waals surface area (Å²) in [4.78, 5) is 0. The van der Waals surface area contributed by atoms with Crippen LogP contribution in [0.5, 0.6) is 0 Å². The van der Waals surface area contributed by atoms with E-state index in [1.54, 1.807) is 0 Å². The zero-order valence-electron chi connectivity index (χ0n) is 6.97. The summed E-state index contributed by atoms with van der Waals surface area (Å²) in [7, 11) is 0. The van der Waals surface area contributed by atoms with Gasteiger partial charge in [0.05, 0.1) is 6.10 Å². The van der Waals surface area contributed by atoms with Gasteiger partial charge in [-0.25, -0.2) is 0 Å². The van der Waals surface area contributed by atoms with Crippen molar-refractivity contribution in [1.82, 2.24) is 5.32 Å². The van der Waals surface area contributed by atoms with Crippen molar-refractivity contribution in [3.05, 3.63) is 0 Å². The predicted molar refractivity (Wildman–Crippen MR) is 44.4 cm³/mol. The Balaban J connectivity index is 2.06. The van der Waals surface area contributed by atoms with E-state index in [0.717, 1.165) is 19.5 Å². The molecule has 0 aromatic carbocycles. The lowest BCUT2D eigenvalue weighted by molar-refractivity contribution is 0.0286. The Morgan fingerprint density at radius 3 is 2.45 bits per heavy atom. The third-order valence-corrected chi connectivity index (χ3v) is 3.46. The van der Waals surface area contributed by atoms with Gasteiger partial charge in [0.25, 0.3) is 0 Å². The van der Waals surface area contributed by atoms with Crippen molar-refractivity contribution in [3.8, 4) is 0 Å². The highest BCUT2D eigenvalue weighted by Gasteiger charge is 2.42. The number of hydrogen-bond donors (Lipinski definition) is 2.